The second kappa shape index (κ2) is 6.93. The van der Waals surface area contributed by atoms with E-state index >= 15 is 0 Å². The molecule has 0 spiro atoms. The highest BCUT2D eigenvalue weighted by Crippen LogP contribution is 2.37. The van der Waals surface area contributed by atoms with E-state index in [9.17, 15) is 9.59 Å². The first-order valence-corrected chi connectivity index (χ1v) is 6.81. The van der Waals surface area contributed by atoms with Crippen molar-refractivity contribution >= 4 is 12.1 Å². The lowest BCUT2D eigenvalue weighted by atomic mass is 9.75. The van der Waals surface area contributed by atoms with Crippen molar-refractivity contribution in [2.24, 2.45) is 5.41 Å². The molecule has 0 bridgehead atoms. The minimum atomic E-state index is -1.47. The molecule has 0 atom stereocenters. The van der Waals surface area contributed by atoms with Crippen molar-refractivity contribution < 1.29 is 28.8 Å². The Balaban J connectivity index is 4.61. The number of hydrogen-bond acceptors (Lipinski definition) is 6. The zero-order chi connectivity index (χ0) is 16.9. The molecule has 21 heavy (non-hydrogen) atoms. The largest absolute Gasteiger partial charge is 0.511 e. The molecule has 0 unspecified atom stereocenters. The lowest BCUT2D eigenvalue weighted by Crippen LogP contribution is -2.44. The van der Waals surface area contributed by atoms with E-state index < -0.39 is 23.5 Å². The lowest BCUT2D eigenvalue weighted by Gasteiger charge is -2.40. The van der Waals surface area contributed by atoms with Crippen LogP contribution in [0.5, 0.6) is 0 Å². The summed E-state index contributed by atoms with van der Waals surface area (Å²) in [6.07, 6.45) is 0.854. The normalized spacial score (nSPS) is 12.5. The molecule has 6 heteroatoms. The van der Waals surface area contributed by atoms with Crippen molar-refractivity contribution in [2.45, 2.75) is 66.3 Å². The standard InChI is InChI=1S/C15H26O6/c1-9-11(16)20-21-15(7,8)19-12(17)18-14(5,6)13(3,4)10-2/h9H,1,10H2,2-8H3. The summed E-state index contributed by atoms with van der Waals surface area (Å²) in [6, 6.07) is 0. The molecule has 0 heterocycles. The van der Waals surface area contributed by atoms with Crippen LogP contribution in [0.25, 0.3) is 0 Å². The fraction of sp³-hybridized carbons (Fsp3) is 0.733. The maximum absolute atomic E-state index is 11.9. The third-order valence-corrected chi connectivity index (χ3v) is 3.67. The first kappa shape index (κ1) is 19.4. The van der Waals surface area contributed by atoms with Crippen LogP contribution < -0.4 is 0 Å². The first-order valence-electron chi connectivity index (χ1n) is 6.81. The van der Waals surface area contributed by atoms with Gasteiger partial charge in [-0.2, -0.15) is 0 Å². The quantitative estimate of drug-likeness (QED) is 0.234. The molecule has 0 aromatic rings. The molecule has 0 fully saturated rings. The van der Waals surface area contributed by atoms with Gasteiger partial charge in [-0.15, -0.1) is 4.89 Å². The van der Waals surface area contributed by atoms with E-state index in [-0.39, 0.29) is 5.41 Å². The van der Waals surface area contributed by atoms with Gasteiger partial charge < -0.3 is 9.47 Å². The molecular formula is C15H26O6. The molecule has 122 valence electrons. The molecule has 0 N–H and O–H groups in total. The Labute approximate surface area is 126 Å². The summed E-state index contributed by atoms with van der Waals surface area (Å²) in [6.45, 7) is 15.7. The van der Waals surface area contributed by atoms with Crippen LogP contribution in [0.15, 0.2) is 12.7 Å². The Bertz CT molecular complexity index is 395. The highest BCUT2D eigenvalue weighted by molar-refractivity contribution is 5.80. The van der Waals surface area contributed by atoms with Crippen LogP contribution in [-0.2, 0) is 24.0 Å². The monoisotopic (exact) mass is 302 g/mol. The van der Waals surface area contributed by atoms with Gasteiger partial charge in [-0.25, -0.2) is 9.59 Å². The van der Waals surface area contributed by atoms with Gasteiger partial charge in [0.05, 0.1) is 0 Å². The van der Waals surface area contributed by atoms with Crippen molar-refractivity contribution in [1.29, 1.82) is 0 Å². The van der Waals surface area contributed by atoms with E-state index in [1.807, 2.05) is 34.6 Å². The maximum atomic E-state index is 11.9. The van der Waals surface area contributed by atoms with Crippen LogP contribution in [0.3, 0.4) is 0 Å². The van der Waals surface area contributed by atoms with E-state index in [0.717, 1.165) is 12.5 Å². The summed E-state index contributed by atoms with van der Waals surface area (Å²) in [5.41, 5.74) is -0.959. The van der Waals surface area contributed by atoms with Crippen molar-refractivity contribution in [2.75, 3.05) is 0 Å². The third-order valence-electron chi connectivity index (χ3n) is 3.67. The van der Waals surface area contributed by atoms with E-state index in [4.69, 9.17) is 14.4 Å². The average molecular weight is 302 g/mol. The highest BCUT2D eigenvalue weighted by Gasteiger charge is 2.41. The van der Waals surface area contributed by atoms with Gasteiger partial charge in [0.15, 0.2) is 0 Å². The SMILES string of the molecule is C=CC(=O)OOC(C)(C)OC(=O)OC(C)(C)C(C)(C)CC. The predicted molar refractivity (Wildman–Crippen MR) is 77.2 cm³/mol. The highest BCUT2D eigenvalue weighted by atomic mass is 17.2. The Morgan fingerprint density at radius 3 is 2.00 bits per heavy atom. The second-order valence-corrected chi connectivity index (χ2v) is 6.29. The van der Waals surface area contributed by atoms with Gasteiger partial charge in [0, 0.05) is 25.3 Å². The van der Waals surface area contributed by atoms with Crippen LogP contribution in [0, 0.1) is 5.41 Å². The van der Waals surface area contributed by atoms with Gasteiger partial charge in [0.2, 0.25) is 0 Å². The summed E-state index contributed by atoms with van der Waals surface area (Å²) in [5, 5.41) is 0. The van der Waals surface area contributed by atoms with Crippen LogP contribution in [0.4, 0.5) is 4.79 Å². The molecule has 0 aliphatic carbocycles. The van der Waals surface area contributed by atoms with Gasteiger partial charge in [0.25, 0.3) is 5.79 Å². The van der Waals surface area contributed by atoms with E-state index in [1.165, 1.54) is 13.8 Å². The molecule has 0 saturated carbocycles. The van der Waals surface area contributed by atoms with Gasteiger partial charge in [0.1, 0.15) is 5.60 Å². The third kappa shape index (κ3) is 6.16. The van der Waals surface area contributed by atoms with Gasteiger partial charge in [-0.05, 0) is 20.3 Å². The van der Waals surface area contributed by atoms with Crippen molar-refractivity contribution in [3.8, 4) is 0 Å². The maximum Gasteiger partial charge on any atom is 0.511 e. The zero-order valence-electron chi connectivity index (χ0n) is 13.9. The summed E-state index contributed by atoms with van der Waals surface area (Å²) in [7, 11) is 0. The molecular weight excluding hydrogens is 276 g/mol. The Morgan fingerprint density at radius 1 is 1.05 bits per heavy atom. The number of carbonyl (C=O) groups is 2. The van der Waals surface area contributed by atoms with Crippen LogP contribution >= 0.6 is 0 Å². The van der Waals surface area contributed by atoms with Gasteiger partial charge in [-0.1, -0.05) is 27.4 Å². The predicted octanol–water partition coefficient (Wildman–Crippen LogP) is 3.75. The molecule has 0 saturated heterocycles. The Morgan fingerprint density at radius 2 is 1.57 bits per heavy atom. The first-order chi connectivity index (χ1) is 9.37. The summed E-state index contributed by atoms with van der Waals surface area (Å²) in [5.74, 6) is -2.25. The summed E-state index contributed by atoms with van der Waals surface area (Å²) < 4.78 is 10.4. The van der Waals surface area contributed by atoms with Gasteiger partial charge in [-0.3, -0.25) is 4.89 Å². The number of hydrogen-bond donors (Lipinski definition) is 0. The Hall–Kier alpha value is -1.56. The molecule has 0 amide bonds. The molecule has 0 aliphatic rings. The molecule has 0 rings (SSSR count). The van der Waals surface area contributed by atoms with E-state index in [2.05, 4.69) is 11.5 Å². The number of carbonyl (C=O) groups excluding carboxylic acids is 2. The fourth-order valence-electron chi connectivity index (χ4n) is 1.19. The minimum absolute atomic E-state index is 0.230. The smallest absolute Gasteiger partial charge is 0.428 e. The molecule has 0 aliphatic heterocycles. The lowest BCUT2D eigenvalue weighted by molar-refractivity contribution is -0.379. The van der Waals surface area contributed by atoms with Crippen molar-refractivity contribution in [1.82, 2.24) is 0 Å². The second-order valence-electron chi connectivity index (χ2n) is 6.29. The zero-order valence-corrected chi connectivity index (χ0v) is 13.9. The molecule has 0 aromatic heterocycles. The average Bonchev–Trinajstić information content (AvgIpc) is 2.34. The number of ether oxygens (including phenoxy) is 2. The van der Waals surface area contributed by atoms with E-state index in [1.54, 1.807) is 0 Å². The van der Waals surface area contributed by atoms with E-state index in [0.29, 0.717) is 0 Å². The minimum Gasteiger partial charge on any atom is -0.428 e. The van der Waals surface area contributed by atoms with Crippen LogP contribution in [-0.4, -0.2) is 23.5 Å². The summed E-state index contributed by atoms with van der Waals surface area (Å²) in [4.78, 5) is 31.9. The molecule has 0 radical (unpaired) electrons. The topological polar surface area (TPSA) is 71.1 Å². The van der Waals surface area contributed by atoms with Crippen molar-refractivity contribution in [3.63, 3.8) is 0 Å². The van der Waals surface area contributed by atoms with Crippen molar-refractivity contribution in [3.05, 3.63) is 12.7 Å². The fourth-order valence-corrected chi connectivity index (χ4v) is 1.19. The number of rotatable bonds is 7. The molecule has 0 aromatic carbocycles. The Kier molecular flexibility index (Phi) is 6.42. The summed E-state index contributed by atoms with van der Waals surface area (Å²) >= 11 is 0. The van der Waals surface area contributed by atoms with Gasteiger partial charge >= 0.3 is 12.1 Å². The van der Waals surface area contributed by atoms with Crippen LogP contribution in [0.1, 0.15) is 54.9 Å². The molecule has 6 nitrogen and oxygen atoms in total. The van der Waals surface area contributed by atoms with Crippen LogP contribution in [0.2, 0.25) is 0 Å².